The highest BCUT2D eigenvalue weighted by Crippen LogP contribution is 2.25. The van der Waals surface area contributed by atoms with E-state index in [4.69, 9.17) is 23.2 Å². The van der Waals surface area contributed by atoms with E-state index in [1.807, 2.05) is 4.90 Å². The van der Waals surface area contributed by atoms with Gasteiger partial charge < -0.3 is 10.2 Å². The van der Waals surface area contributed by atoms with E-state index in [2.05, 4.69) is 5.32 Å². The van der Waals surface area contributed by atoms with E-state index in [9.17, 15) is 9.59 Å². The predicted molar refractivity (Wildman–Crippen MR) is 100 cm³/mol. The second-order valence-corrected chi connectivity index (χ2v) is 6.82. The molecule has 1 aliphatic rings. The lowest BCUT2D eigenvalue weighted by molar-refractivity contribution is -0.115. The van der Waals surface area contributed by atoms with Crippen LogP contribution >= 0.6 is 23.2 Å². The molecule has 2 aromatic rings. The summed E-state index contributed by atoms with van der Waals surface area (Å²) in [5.74, 6) is -0.174. The first kappa shape index (κ1) is 17.8. The molecular weight excluding hydrogens is 359 g/mol. The van der Waals surface area contributed by atoms with Crippen molar-refractivity contribution in [3.05, 3.63) is 63.6 Å². The molecule has 0 radical (unpaired) electrons. The van der Waals surface area contributed by atoms with Crippen molar-refractivity contribution in [3.63, 3.8) is 0 Å². The summed E-state index contributed by atoms with van der Waals surface area (Å²) < 4.78 is 0. The zero-order valence-corrected chi connectivity index (χ0v) is 15.1. The van der Waals surface area contributed by atoms with Gasteiger partial charge in [-0.1, -0.05) is 29.3 Å². The quantitative estimate of drug-likeness (QED) is 0.858. The lowest BCUT2D eigenvalue weighted by Crippen LogP contribution is -2.27. The number of carbonyl (C=O) groups excluding carboxylic acids is 2. The molecule has 25 heavy (non-hydrogen) atoms. The standard InChI is InChI=1S/C19H18Cl2N2O2/c20-16-4-3-5-17(21)15(16)12-18(24)22-14-8-6-13(7-9-14)19(25)23-10-1-2-11-23/h3-9H,1-2,10-12H2,(H,22,24). The molecule has 6 heteroatoms. The minimum Gasteiger partial charge on any atom is -0.339 e. The molecule has 2 amide bonds. The molecule has 1 aliphatic heterocycles. The van der Waals surface area contributed by atoms with Crippen LogP contribution in [0.15, 0.2) is 42.5 Å². The normalized spacial score (nSPS) is 13.8. The van der Waals surface area contributed by atoms with Gasteiger partial charge in [0, 0.05) is 34.4 Å². The number of benzene rings is 2. The minimum atomic E-state index is -0.214. The molecule has 3 rings (SSSR count). The van der Waals surface area contributed by atoms with Crippen molar-refractivity contribution in [3.8, 4) is 0 Å². The summed E-state index contributed by atoms with van der Waals surface area (Å²) in [5, 5.41) is 3.73. The van der Waals surface area contributed by atoms with Crippen LogP contribution in [0, 0.1) is 0 Å². The fourth-order valence-corrected chi connectivity index (χ4v) is 3.40. The molecule has 0 aliphatic carbocycles. The monoisotopic (exact) mass is 376 g/mol. The molecule has 0 atom stereocenters. The first-order chi connectivity index (χ1) is 12.0. The first-order valence-corrected chi connectivity index (χ1v) is 8.92. The van der Waals surface area contributed by atoms with Gasteiger partial charge in [0.2, 0.25) is 5.91 Å². The van der Waals surface area contributed by atoms with Gasteiger partial charge in [0.05, 0.1) is 6.42 Å². The largest absolute Gasteiger partial charge is 0.339 e. The van der Waals surface area contributed by atoms with Crippen LogP contribution in [0.1, 0.15) is 28.8 Å². The van der Waals surface area contributed by atoms with Gasteiger partial charge in [0.25, 0.3) is 5.91 Å². The molecule has 0 bridgehead atoms. The van der Waals surface area contributed by atoms with Gasteiger partial charge in [-0.3, -0.25) is 9.59 Å². The summed E-state index contributed by atoms with van der Waals surface area (Å²) in [7, 11) is 0. The number of nitrogens with one attached hydrogen (secondary N) is 1. The molecule has 0 spiro atoms. The Hall–Kier alpha value is -2.04. The maximum Gasteiger partial charge on any atom is 0.253 e. The summed E-state index contributed by atoms with van der Waals surface area (Å²) >= 11 is 12.2. The van der Waals surface area contributed by atoms with E-state index in [1.165, 1.54) is 0 Å². The Balaban J connectivity index is 1.63. The van der Waals surface area contributed by atoms with Crippen LogP contribution < -0.4 is 5.32 Å². The maximum absolute atomic E-state index is 12.3. The molecular formula is C19H18Cl2N2O2. The van der Waals surface area contributed by atoms with Crippen LogP contribution in [0.4, 0.5) is 5.69 Å². The number of likely N-dealkylation sites (tertiary alicyclic amines) is 1. The van der Waals surface area contributed by atoms with E-state index >= 15 is 0 Å². The Morgan fingerprint density at radius 2 is 1.56 bits per heavy atom. The lowest BCUT2D eigenvalue weighted by atomic mass is 10.1. The highest BCUT2D eigenvalue weighted by atomic mass is 35.5. The Bertz CT molecular complexity index is 764. The predicted octanol–water partition coefficient (Wildman–Crippen LogP) is 4.41. The minimum absolute atomic E-state index is 0.0400. The number of hydrogen-bond donors (Lipinski definition) is 1. The van der Waals surface area contributed by atoms with Gasteiger partial charge in [0.15, 0.2) is 0 Å². The topological polar surface area (TPSA) is 49.4 Å². The third kappa shape index (κ3) is 4.33. The van der Waals surface area contributed by atoms with Crippen molar-refractivity contribution >= 4 is 40.7 Å². The van der Waals surface area contributed by atoms with Gasteiger partial charge in [-0.15, -0.1) is 0 Å². The number of nitrogens with zero attached hydrogens (tertiary/aromatic N) is 1. The molecule has 1 heterocycles. The van der Waals surface area contributed by atoms with E-state index in [0.29, 0.717) is 26.9 Å². The fraction of sp³-hybridized carbons (Fsp3) is 0.263. The molecule has 0 aromatic heterocycles. The van der Waals surface area contributed by atoms with Gasteiger partial charge in [-0.2, -0.15) is 0 Å². The molecule has 0 unspecified atom stereocenters. The number of carbonyl (C=O) groups is 2. The van der Waals surface area contributed by atoms with Crippen LogP contribution in [0.3, 0.4) is 0 Å². The average Bonchev–Trinajstić information content (AvgIpc) is 3.13. The van der Waals surface area contributed by atoms with Gasteiger partial charge in [0.1, 0.15) is 0 Å². The smallest absolute Gasteiger partial charge is 0.253 e. The Kier molecular flexibility index (Phi) is 5.61. The molecule has 0 saturated carbocycles. The highest BCUT2D eigenvalue weighted by Gasteiger charge is 2.19. The third-order valence-electron chi connectivity index (χ3n) is 4.21. The van der Waals surface area contributed by atoms with Gasteiger partial charge in [-0.05, 0) is 54.8 Å². The number of anilines is 1. The van der Waals surface area contributed by atoms with Crippen LogP contribution in [0.5, 0.6) is 0 Å². The SMILES string of the molecule is O=C(Cc1c(Cl)cccc1Cl)Nc1ccc(C(=O)N2CCCC2)cc1. The Morgan fingerprint density at radius 1 is 0.960 bits per heavy atom. The van der Waals surface area contributed by atoms with E-state index in [0.717, 1.165) is 25.9 Å². The van der Waals surface area contributed by atoms with E-state index in [-0.39, 0.29) is 18.2 Å². The molecule has 4 nitrogen and oxygen atoms in total. The zero-order chi connectivity index (χ0) is 17.8. The fourth-order valence-electron chi connectivity index (χ4n) is 2.87. The van der Waals surface area contributed by atoms with Crippen molar-refractivity contribution < 1.29 is 9.59 Å². The maximum atomic E-state index is 12.3. The van der Waals surface area contributed by atoms with Gasteiger partial charge in [-0.25, -0.2) is 0 Å². The summed E-state index contributed by atoms with van der Waals surface area (Å²) in [6.45, 7) is 1.63. The van der Waals surface area contributed by atoms with Crippen molar-refractivity contribution in [1.82, 2.24) is 4.90 Å². The van der Waals surface area contributed by atoms with Crippen LogP contribution in [0.2, 0.25) is 10.0 Å². The van der Waals surface area contributed by atoms with Crippen LogP contribution in [0.25, 0.3) is 0 Å². The van der Waals surface area contributed by atoms with E-state index < -0.39 is 0 Å². The molecule has 1 saturated heterocycles. The Labute approximate surface area is 156 Å². The van der Waals surface area contributed by atoms with Crippen LogP contribution in [-0.2, 0) is 11.2 Å². The van der Waals surface area contributed by atoms with E-state index in [1.54, 1.807) is 42.5 Å². The molecule has 1 N–H and O–H groups in total. The van der Waals surface area contributed by atoms with Crippen molar-refractivity contribution in [2.75, 3.05) is 18.4 Å². The van der Waals surface area contributed by atoms with Crippen molar-refractivity contribution in [2.45, 2.75) is 19.3 Å². The first-order valence-electron chi connectivity index (χ1n) is 8.16. The lowest BCUT2D eigenvalue weighted by Gasteiger charge is -2.15. The molecule has 2 aromatic carbocycles. The second kappa shape index (κ2) is 7.89. The number of rotatable bonds is 4. The summed E-state index contributed by atoms with van der Waals surface area (Å²) in [6, 6.07) is 12.1. The van der Waals surface area contributed by atoms with Gasteiger partial charge >= 0.3 is 0 Å². The van der Waals surface area contributed by atoms with Crippen molar-refractivity contribution in [1.29, 1.82) is 0 Å². The summed E-state index contributed by atoms with van der Waals surface area (Å²) in [6.07, 6.45) is 2.21. The number of halogens is 2. The van der Waals surface area contributed by atoms with Crippen molar-refractivity contribution in [2.24, 2.45) is 0 Å². The second-order valence-electron chi connectivity index (χ2n) is 6.00. The third-order valence-corrected chi connectivity index (χ3v) is 4.92. The molecule has 130 valence electrons. The number of amides is 2. The van der Waals surface area contributed by atoms with Crippen LogP contribution in [-0.4, -0.2) is 29.8 Å². The Morgan fingerprint density at radius 3 is 2.16 bits per heavy atom. The summed E-state index contributed by atoms with van der Waals surface area (Å²) in [5.41, 5.74) is 1.87. The average molecular weight is 377 g/mol. The molecule has 1 fully saturated rings. The number of hydrogen-bond acceptors (Lipinski definition) is 2. The highest BCUT2D eigenvalue weighted by molar-refractivity contribution is 6.36. The summed E-state index contributed by atoms with van der Waals surface area (Å²) in [4.78, 5) is 26.4. The zero-order valence-electron chi connectivity index (χ0n) is 13.6.